The van der Waals surface area contributed by atoms with E-state index in [1.807, 2.05) is 0 Å². The molecule has 0 aromatic carbocycles. The largest absolute Gasteiger partial charge is 0.399 e. The summed E-state index contributed by atoms with van der Waals surface area (Å²) in [5.74, 6) is -0.127. The molecule has 2 aliphatic carbocycles. The van der Waals surface area contributed by atoms with E-state index in [9.17, 15) is 9.59 Å². The average Bonchev–Trinajstić information content (AvgIpc) is 2.85. The van der Waals surface area contributed by atoms with Crippen LogP contribution in [0.3, 0.4) is 0 Å². The molecule has 0 aromatic heterocycles. The van der Waals surface area contributed by atoms with E-state index in [0.717, 1.165) is 12.8 Å². The van der Waals surface area contributed by atoms with Gasteiger partial charge in [-0.2, -0.15) is 0 Å². The van der Waals surface area contributed by atoms with E-state index in [2.05, 4.69) is 0 Å². The topological polar surface area (TPSA) is 63.4 Å². The van der Waals surface area contributed by atoms with E-state index in [0.29, 0.717) is 23.7 Å². The molecule has 1 atom stereocenters. The third-order valence-corrected chi connectivity index (χ3v) is 4.21. The molecule has 2 N–H and O–H groups in total. The number of amides is 2. The van der Waals surface area contributed by atoms with Crippen molar-refractivity contribution in [3.05, 3.63) is 23.4 Å². The van der Waals surface area contributed by atoms with Gasteiger partial charge < -0.3 is 5.73 Å². The van der Waals surface area contributed by atoms with Gasteiger partial charge in [0.15, 0.2) is 0 Å². The summed E-state index contributed by atoms with van der Waals surface area (Å²) in [6.07, 6.45) is 9.34. The van der Waals surface area contributed by atoms with Gasteiger partial charge in [0.05, 0.1) is 5.92 Å². The lowest BCUT2D eigenvalue weighted by Crippen LogP contribution is -2.36. The Morgan fingerprint density at radius 3 is 2.61 bits per heavy atom. The van der Waals surface area contributed by atoms with E-state index in [1.165, 1.54) is 24.2 Å². The molecule has 96 valence electrons. The van der Waals surface area contributed by atoms with Gasteiger partial charge in [-0.15, -0.1) is 0 Å². The Kier molecular flexibility index (Phi) is 2.73. The number of hydrogen-bond acceptors (Lipinski definition) is 3. The predicted molar refractivity (Wildman–Crippen MR) is 67.1 cm³/mol. The molecule has 4 nitrogen and oxygen atoms in total. The van der Waals surface area contributed by atoms with Crippen LogP contribution in [0.2, 0.25) is 0 Å². The fraction of sp³-hybridized carbons (Fsp3) is 0.571. The lowest BCUT2D eigenvalue weighted by molar-refractivity contribution is -0.139. The molecule has 0 radical (unpaired) electrons. The fourth-order valence-electron chi connectivity index (χ4n) is 3.22. The van der Waals surface area contributed by atoms with E-state index in [4.69, 9.17) is 5.73 Å². The van der Waals surface area contributed by atoms with Crippen LogP contribution in [0.25, 0.3) is 0 Å². The summed E-state index contributed by atoms with van der Waals surface area (Å²) in [7, 11) is 0. The third-order valence-electron chi connectivity index (χ3n) is 4.21. The number of carbonyl (C=O) groups excluding carboxylic acids is 2. The molecule has 1 aliphatic heterocycles. The minimum atomic E-state index is -0.402. The summed E-state index contributed by atoms with van der Waals surface area (Å²) < 4.78 is 0. The van der Waals surface area contributed by atoms with Gasteiger partial charge in [0.1, 0.15) is 0 Å². The maximum Gasteiger partial charge on any atom is 0.257 e. The molecule has 2 amide bonds. The minimum absolute atomic E-state index is 0.0859. The molecule has 3 rings (SSSR count). The van der Waals surface area contributed by atoms with Crippen LogP contribution in [0.5, 0.6) is 0 Å². The highest BCUT2D eigenvalue weighted by Gasteiger charge is 2.44. The van der Waals surface area contributed by atoms with Gasteiger partial charge >= 0.3 is 0 Å². The first-order chi connectivity index (χ1) is 8.66. The van der Waals surface area contributed by atoms with Crippen LogP contribution in [0.15, 0.2) is 23.4 Å². The van der Waals surface area contributed by atoms with Crippen molar-refractivity contribution in [3.63, 3.8) is 0 Å². The van der Waals surface area contributed by atoms with Crippen LogP contribution >= 0.6 is 0 Å². The summed E-state index contributed by atoms with van der Waals surface area (Å²) in [4.78, 5) is 25.8. The van der Waals surface area contributed by atoms with Crippen LogP contribution in [0, 0.1) is 11.8 Å². The van der Waals surface area contributed by atoms with Gasteiger partial charge in [0, 0.05) is 17.8 Å². The number of nitrogens with two attached hydrogens (primary N) is 1. The van der Waals surface area contributed by atoms with Crippen LogP contribution < -0.4 is 5.73 Å². The number of allylic oxidation sites excluding steroid dienone is 1. The molecule has 0 aromatic rings. The molecule has 1 unspecified atom stereocenters. The van der Waals surface area contributed by atoms with Crippen molar-refractivity contribution in [3.8, 4) is 0 Å². The van der Waals surface area contributed by atoms with Crippen molar-refractivity contribution in [1.29, 1.82) is 0 Å². The average molecular weight is 246 g/mol. The molecule has 18 heavy (non-hydrogen) atoms. The Balaban J connectivity index is 1.73. The van der Waals surface area contributed by atoms with E-state index < -0.39 is 5.92 Å². The highest BCUT2D eigenvalue weighted by molar-refractivity contribution is 6.16. The number of imide groups is 1. The Morgan fingerprint density at radius 2 is 1.94 bits per heavy atom. The van der Waals surface area contributed by atoms with E-state index in [1.54, 1.807) is 12.2 Å². The standard InChI is InChI=1S/C14H18N2O2/c15-10-6-11-12(7-10)14(18)16(13(11)17)8-9-4-2-1-3-5-9/h6-7,9,11H,1-5,8,15H2. The number of likely N-dealkylation sites (tertiary alicyclic amines) is 1. The second kappa shape index (κ2) is 4.26. The highest BCUT2D eigenvalue weighted by atomic mass is 16.2. The second-order valence-electron chi connectivity index (χ2n) is 5.50. The van der Waals surface area contributed by atoms with Crippen molar-refractivity contribution in [2.45, 2.75) is 32.1 Å². The zero-order valence-electron chi connectivity index (χ0n) is 10.4. The Labute approximate surface area is 107 Å². The van der Waals surface area contributed by atoms with Crippen molar-refractivity contribution in [1.82, 2.24) is 4.90 Å². The van der Waals surface area contributed by atoms with E-state index in [-0.39, 0.29) is 11.8 Å². The molecule has 4 heteroatoms. The van der Waals surface area contributed by atoms with Gasteiger partial charge in [-0.3, -0.25) is 14.5 Å². The molecule has 0 bridgehead atoms. The lowest BCUT2D eigenvalue weighted by atomic mass is 9.89. The summed E-state index contributed by atoms with van der Waals surface area (Å²) >= 11 is 0. The molecule has 1 heterocycles. The monoisotopic (exact) mass is 246 g/mol. The van der Waals surface area contributed by atoms with Crippen molar-refractivity contribution in [2.75, 3.05) is 6.54 Å². The summed E-state index contributed by atoms with van der Waals surface area (Å²) in [5.41, 5.74) is 6.74. The van der Waals surface area contributed by atoms with Gasteiger partial charge in [0.2, 0.25) is 5.91 Å². The van der Waals surface area contributed by atoms with Crippen molar-refractivity contribution >= 4 is 11.8 Å². The lowest BCUT2D eigenvalue weighted by Gasteiger charge is -2.25. The first kappa shape index (κ1) is 11.5. The molecule has 1 saturated heterocycles. The van der Waals surface area contributed by atoms with Crippen LogP contribution in [0.1, 0.15) is 32.1 Å². The molecule has 1 saturated carbocycles. The van der Waals surface area contributed by atoms with Crippen molar-refractivity contribution in [2.24, 2.45) is 17.6 Å². The molecular formula is C14H18N2O2. The van der Waals surface area contributed by atoms with Gasteiger partial charge in [0.25, 0.3) is 5.91 Å². The van der Waals surface area contributed by atoms with Crippen molar-refractivity contribution < 1.29 is 9.59 Å². The number of fused-ring (bicyclic) bond motifs is 1. The molecular weight excluding hydrogens is 228 g/mol. The number of hydrogen-bond donors (Lipinski definition) is 1. The Bertz CT molecular complexity index is 458. The van der Waals surface area contributed by atoms with Crippen LogP contribution in [-0.4, -0.2) is 23.3 Å². The van der Waals surface area contributed by atoms with Gasteiger partial charge in [-0.25, -0.2) is 0 Å². The maximum absolute atomic E-state index is 12.2. The van der Waals surface area contributed by atoms with Gasteiger partial charge in [-0.05, 0) is 30.9 Å². The third kappa shape index (κ3) is 1.76. The minimum Gasteiger partial charge on any atom is -0.399 e. The number of rotatable bonds is 2. The Hall–Kier alpha value is -1.58. The van der Waals surface area contributed by atoms with Gasteiger partial charge in [-0.1, -0.05) is 19.3 Å². The Morgan fingerprint density at radius 1 is 1.22 bits per heavy atom. The summed E-state index contributed by atoms with van der Waals surface area (Å²) in [6.45, 7) is 0.596. The second-order valence-corrected chi connectivity index (χ2v) is 5.50. The number of carbonyl (C=O) groups is 2. The number of nitrogens with zero attached hydrogens (tertiary/aromatic N) is 1. The normalized spacial score (nSPS) is 28.4. The first-order valence-electron chi connectivity index (χ1n) is 6.71. The quantitative estimate of drug-likeness (QED) is 0.748. The smallest absolute Gasteiger partial charge is 0.257 e. The highest BCUT2D eigenvalue weighted by Crippen LogP contribution is 2.34. The van der Waals surface area contributed by atoms with E-state index >= 15 is 0 Å². The summed E-state index contributed by atoms with van der Waals surface area (Å²) in [5, 5.41) is 0. The molecule has 0 spiro atoms. The molecule has 2 fully saturated rings. The maximum atomic E-state index is 12.2. The predicted octanol–water partition coefficient (Wildman–Crippen LogP) is 1.33. The zero-order chi connectivity index (χ0) is 12.7. The SMILES string of the molecule is NC1=CC2C(=O)N(CC3CCCCC3)C(=O)C2=C1. The summed E-state index contributed by atoms with van der Waals surface area (Å²) in [6, 6.07) is 0. The molecule has 3 aliphatic rings. The fourth-order valence-corrected chi connectivity index (χ4v) is 3.22. The first-order valence-corrected chi connectivity index (χ1v) is 6.71. The van der Waals surface area contributed by atoms with Crippen LogP contribution in [0.4, 0.5) is 0 Å². The zero-order valence-corrected chi connectivity index (χ0v) is 10.4. The van der Waals surface area contributed by atoms with Crippen LogP contribution in [-0.2, 0) is 9.59 Å².